The SMILES string of the molecule is CCOC(=O)[C@@]1(C)[NH2+]CCc2c1[nH]c1ccccc21. The fourth-order valence-corrected chi connectivity index (χ4v) is 2.98. The molecule has 0 aliphatic carbocycles. The van der Waals surface area contributed by atoms with Crippen LogP contribution in [0.1, 0.15) is 25.1 Å². The summed E-state index contributed by atoms with van der Waals surface area (Å²) in [5.41, 5.74) is 2.70. The van der Waals surface area contributed by atoms with Gasteiger partial charge in [0.15, 0.2) is 0 Å². The molecule has 0 spiro atoms. The normalized spacial score (nSPS) is 22.2. The Balaban J connectivity index is 2.16. The summed E-state index contributed by atoms with van der Waals surface area (Å²) < 4.78 is 5.25. The van der Waals surface area contributed by atoms with Crippen LogP contribution in [-0.2, 0) is 21.5 Å². The number of para-hydroxylation sites is 1. The Kier molecular flexibility index (Phi) is 2.82. The van der Waals surface area contributed by atoms with E-state index in [4.69, 9.17) is 4.74 Å². The molecule has 100 valence electrons. The second-order valence-corrected chi connectivity index (χ2v) is 5.19. The lowest BCUT2D eigenvalue weighted by Crippen LogP contribution is -2.98. The lowest BCUT2D eigenvalue weighted by atomic mass is 9.88. The number of esters is 1. The van der Waals surface area contributed by atoms with Crippen LogP contribution in [0.25, 0.3) is 10.9 Å². The van der Waals surface area contributed by atoms with Crippen molar-refractivity contribution in [3.8, 4) is 0 Å². The molecule has 1 atom stereocenters. The van der Waals surface area contributed by atoms with Gasteiger partial charge in [0.1, 0.15) is 0 Å². The smallest absolute Gasteiger partial charge is 0.374 e. The predicted molar refractivity (Wildman–Crippen MR) is 72.8 cm³/mol. The van der Waals surface area contributed by atoms with Crippen molar-refractivity contribution in [1.29, 1.82) is 0 Å². The molecule has 0 unspecified atom stereocenters. The van der Waals surface area contributed by atoms with Gasteiger partial charge in [-0.3, -0.25) is 0 Å². The number of rotatable bonds is 2. The molecule has 19 heavy (non-hydrogen) atoms. The number of aromatic nitrogens is 1. The summed E-state index contributed by atoms with van der Waals surface area (Å²) in [4.78, 5) is 15.7. The first-order valence-corrected chi connectivity index (χ1v) is 6.78. The van der Waals surface area contributed by atoms with Crippen molar-refractivity contribution >= 4 is 16.9 Å². The van der Waals surface area contributed by atoms with E-state index in [9.17, 15) is 4.79 Å². The highest BCUT2D eigenvalue weighted by atomic mass is 16.5. The number of benzene rings is 1. The van der Waals surface area contributed by atoms with Crippen LogP contribution in [0.15, 0.2) is 24.3 Å². The minimum atomic E-state index is -0.650. The largest absolute Gasteiger partial charge is 0.461 e. The first-order chi connectivity index (χ1) is 9.16. The van der Waals surface area contributed by atoms with Crippen LogP contribution in [0, 0.1) is 0 Å². The number of H-pyrrole nitrogens is 1. The summed E-state index contributed by atoms with van der Waals surface area (Å²) in [6.45, 7) is 5.11. The number of hydrogen-bond acceptors (Lipinski definition) is 2. The van der Waals surface area contributed by atoms with Gasteiger partial charge in [0.25, 0.3) is 0 Å². The second kappa shape index (κ2) is 4.38. The van der Waals surface area contributed by atoms with E-state index < -0.39 is 5.54 Å². The van der Waals surface area contributed by atoms with Gasteiger partial charge in [-0.05, 0) is 18.6 Å². The highest BCUT2D eigenvalue weighted by Crippen LogP contribution is 2.31. The lowest BCUT2D eigenvalue weighted by Gasteiger charge is -2.29. The molecule has 0 bridgehead atoms. The fourth-order valence-electron chi connectivity index (χ4n) is 2.98. The van der Waals surface area contributed by atoms with Crippen molar-refractivity contribution in [2.45, 2.75) is 25.8 Å². The third-order valence-corrected chi connectivity index (χ3v) is 3.98. The molecule has 2 aromatic rings. The molecule has 1 aliphatic heterocycles. The van der Waals surface area contributed by atoms with Gasteiger partial charge in [-0.1, -0.05) is 18.2 Å². The average molecular weight is 259 g/mol. The van der Waals surface area contributed by atoms with E-state index in [1.807, 2.05) is 26.0 Å². The van der Waals surface area contributed by atoms with Crippen LogP contribution in [0.4, 0.5) is 0 Å². The molecule has 0 fully saturated rings. The maximum atomic E-state index is 12.3. The number of ether oxygens (including phenoxy) is 1. The molecular formula is C15H19N2O2+. The van der Waals surface area contributed by atoms with Gasteiger partial charge in [0, 0.05) is 24.2 Å². The van der Waals surface area contributed by atoms with Crippen LogP contribution in [-0.4, -0.2) is 24.1 Å². The second-order valence-electron chi connectivity index (χ2n) is 5.19. The van der Waals surface area contributed by atoms with E-state index in [0.29, 0.717) is 6.61 Å². The van der Waals surface area contributed by atoms with Crippen LogP contribution in [0.5, 0.6) is 0 Å². The van der Waals surface area contributed by atoms with Gasteiger partial charge in [-0.25, -0.2) is 4.79 Å². The minimum absolute atomic E-state index is 0.164. The quantitative estimate of drug-likeness (QED) is 0.792. The number of nitrogens with one attached hydrogen (secondary N) is 1. The van der Waals surface area contributed by atoms with Crippen molar-refractivity contribution in [2.24, 2.45) is 0 Å². The first kappa shape index (κ1) is 12.2. The molecule has 2 heterocycles. The lowest BCUT2D eigenvalue weighted by molar-refractivity contribution is -0.723. The molecular weight excluding hydrogens is 240 g/mol. The molecule has 4 nitrogen and oxygen atoms in total. The zero-order valence-corrected chi connectivity index (χ0v) is 11.3. The van der Waals surface area contributed by atoms with E-state index in [1.165, 1.54) is 10.9 Å². The molecule has 4 heteroatoms. The number of hydrogen-bond donors (Lipinski definition) is 2. The van der Waals surface area contributed by atoms with Gasteiger partial charge in [0.2, 0.25) is 5.54 Å². The summed E-state index contributed by atoms with van der Waals surface area (Å²) in [5.74, 6) is -0.164. The Hall–Kier alpha value is -1.81. The zero-order valence-electron chi connectivity index (χ0n) is 11.3. The number of nitrogens with two attached hydrogens (primary N) is 1. The van der Waals surface area contributed by atoms with E-state index in [0.717, 1.165) is 24.2 Å². The van der Waals surface area contributed by atoms with Gasteiger partial charge in [0.05, 0.1) is 18.8 Å². The molecule has 1 aromatic carbocycles. The maximum Gasteiger partial charge on any atom is 0.374 e. The molecule has 3 rings (SSSR count). The highest BCUT2D eigenvalue weighted by molar-refractivity contribution is 5.89. The number of aromatic amines is 1. The first-order valence-electron chi connectivity index (χ1n) is 6.78. The average Bonchev–Trinajstić information content (AvgIpc) is 2.80. The molecule has 3 N–H and O–H groups in total. The van der Waals surface area contributed by atoms with Crippen molar-refractivity contribution in [3.63, 3.8) is 0 Å². The van der Waals surface area contributed by atoms with E-state index in [-0.39, 0.29) is 5.97 Å². The van der Waals surface area contributed by atoms with Crippen molar-refractivity contribution < 1.29 is 14.8 Å². The number of quaternary nitrogens is 1. The zero-order chi connectivity index (χ0) is 13.5. The Morgan fingerprint density at radius 3 is 3.05 bits per heavy atom. The van der Waals surface area contributed by atoms with Crippen molar-refractivity contribution in [1.82, 2.24) is 4.98 Å². The van der Waals surface area contributed by atoms with E-state index >= 15 is 0 Å². The van der Waals surface area contributed by atoms with E-state index in [1.54, 1.807) is 0 Å². The van der Waals surface area contributed by atoms with Gasteiger partial charge < -0.3 is 15.0 Å². The molecule has 1 aromatic heterocycles. The molecule has 0 saturated heterocycles. The summed E-state index contributed by atoms with van der Waals surface area (Å²) in [5, 5.41) is 3.30. The van der Waals surface area contributed by atoms with Crippen LogP contribution < -0.4 is 5.32 Å². The van der Waals surface area contributed by atoms with Gasteiger partial charge in [-0.2, -0.15) is 0 Å². The van der Waals surface area contributed by atoms with Crippen LogP contribution in [0.2, 0.25) is 0 Å². The Bertz CT molecular complexity index is 632. The Labute approximate surface area is 112 Å². The minimum Gasteiger partial charge on any atom is -0.461 e. The van der Waals surface area contributed by atoms with Crippen LogP contribution in [0.3, 0.4) is 0 Å². The standard InChI is InChI=1S/C15H18N2O2/c1-3-19-14(18)15(2)13-11(8-9-16-15)10-6-4-5-7-12(10)17-13/h4-7,16-17H,3,8-9H2,1-2H3/p+1/t15-/m0/s1. The van der Waals surface area contributed by atoms with Crippen molar-refractivity contribution in [2.75, 3.05) is 13.2 Å². The third-order valence-electron chi connectivity index (χ3n) is 3.98. The highest BCUT2D eigenvalue weighted by Gasteiger charge is 2.46. The molecule has 0 amide bonds. The molecule has 0 saturated carbocycles. The maximum absolute atomic E-state index is 12.3. The monoisotopic (exact) mass is 259 g/mol. The van der Waals surface area contributed by atoms with E-state index in [2.05, 4.69) is 22.4 Å². The molecule has 1 aliphatic rings. The van der Waals surface area contributed by atoms with Crippen LogP contribution >= 0.6 is 0 Å². The summed E-state index contributed by atoms with van der Waals surface area (Å²) >= 11 is 0. The number of fused-ring (bicyclic) bond motifs is 3. The summed E-state index contributed by atoms with van der Waals surface area (Å²) in [7, 11) is 0. The summed E-state index contributed by atoms with van der Waals surface area (Å²) in [6, 6.07) is 8.22. The fraction of sp³-hybridized carbons (Fsp3) is 0.400. The molecule has 0 radical (unpaired) electrons. The Morgan fingerprint density at radius 2 is 2.26 bits per heavy atom. The topological polar surface area (TPSA) is 58.7 Å². The van der Waals surface area contributed by atoms with Gasteiger partial charge in [-0.15, -0.1) is 0 Å². The third kappa shape index (κ3) is 1.75. The summed E-state index contributed by atoms with van der Waals surface area (Å²) in [6.07, 6.45) is 0.980. The van der Waals surface area contributed by atoms with Gasteiger partial charge >= 0.3 is 5.97 Å². The van der Waals surface area contributed by atoms with Crippen molar-refractivity contribution in [3.05, 3.63) is 35.5 Å². The Morgan fingerprint density at radius 1 is 1.47 bits per heavy atom. The predicted octanol–water partition coefficient (Wildman–Crippen LogP) is 1.07. The number of carbonyl (C=O) groups excluding carboxylic acids is 1. The number of carbonyl (C=O) groups is 1.